The van der Waals surface area contributed by atoms with Crippen LogP contribution in [0.1, 0.15) is 19.7 Å². The molecular weight excluding hydrogens is 230 g/mol. The van der Waals surface area contributed by atoms with Crippen LogP contribution in [0, 0.1) is 0 Å². The maximum absolute atomic E-state index is 9.03. The molecule has 0 fully saturated rings. The molecular formula is C13H19N3O2. The molecule has 0 aliphatic rings. The van der Waals surface area contributed by atoms with Gasteiger partial charge in [-0.1, -0.05) is 0 Å². The van der Waals surface area contributed by atoms with Gasteiger partial charge in [0.1, 0.15) is 5.52 Å². The van der Waals surface area contributed by atoms with Crippen LogP contribution in [0.5, 0.6) is 0 Å². The van der Waals surface area contributed by atoms with Crippen LogP contribution in [0.2, 0.25) is 0 Å². The van der Waals surface area contributed by atoms with Crippen LogP contribution >= 0.6 is 0 Å². The van der Waals surface area contributed by atoms with Gasteiger partial charge >= 0.3 is 0 Å². The van der Waals surface area contributed by atoms with Crippen molar-refractivity contribution in [2.24, 2.45) is 0 Å². The van der Waals surface area contributed by atoms with Crippen LogP contribution in [-0.4, -0.2) is 34.2 Å². The first-order chi connectivity index (χ1) is 8.60. The highest BCUT2D eigenvalue weighted by Crippen LogP contribution is 2.19. The number of aliphatic hydroxyl groups is 1. The fourth-order valence-electron chi connectivity index (χ4n) is 1.88. The maximum Gasteiger partial charge on any atom is 0.209 e. The number of aliphatic hydroxyl groups excluding tert-OH is 1. The number of nitrogens with two attached hydrogens (primary N) is 1. The van der Waals surface area contributed by atoms with Crippen molar-refractivity contribution in [1.82, 2.24) is 9.88 Å². The van der Waals surface area contributed by atoms with E-state index >= 15 is 0 Å². The van der Waals surface area contributed by atoms with Gasteiger partial charge in [0.25, 0.3) is 0 Å². The van der Waals surface area contributed by atoms with Crippen LogP contribution in [0.4, 0.5) is 5.69 Å². The smallest absolute Gasteiger partial charge is 0.209 e. The van der Waals surface area contributed by atoms with E-state index in [0.717, 1.165) is 5.52 Å². The largest absolute Gasteiger partial charge is 0.439 e. The molecule has 0 unspecified atom stereocenters. The molecule has 1 aromatic carbocycles. The van der Waals surface area contributed by atoms with Crippen LogP contribution in [0.25, 0.3) is 11.1 Å². The summed E-state index contributed by atoms with van der Waals surface area (Å²) in [5, 5.41) is 9.03. The molecule has 0 atom stereocenters. The third kappa shape index (κ3) is 2.80. The number of nitrogens with zero attached hydrogens (tertiary/aromatic N) is 2. The van der Waals surface area contributed by atoms with Crippen molar-refractivity contribution in [3.8, 4) is 0 Å². The van der Waals surface area contributed by atoms with E-state index in [4.69, 9.17) is 15.3 Å². The molecule has 18 heavy (non-hydrogen) atoms. The standard InChI is InChI=1S/C13H19N3O2/c1-9(2)16(5-6-17)8-13-15-11-4-3-10(14)7-12(11)18-13/h3-4,7,9,17H,5-6,8,14H2,1-2H3. The summed E-state index contributed by atoms with van der Waals surface area (Å²) in [6.07, 6.45) is 0. The summed E-state index contributed by atoms with van der Waals surface area (Å²) < 4.78 is 5.66. The van der Waals surface area contributed by atoms with Gasteiger partial charge in [-0.2, -0.15) is 0 Å². The van der Waals surface area contributed by atoms with Gasteiger partial charge in [0.05, 0.1) is 13.2 Å². The molecule has 0 spiro atoms. The molecule has 0 saturated carbocycles. The Morgan fingerprint density at radius 1 is 1.44 bits per heavy atom. The summed E-state index contributed by atoms with van der Waals surface area (Å²) in [6.45, 7) is 5.49. The second kappa shape index (κ2) is 5.37. The summed E-state index contributed by atoms with van der Waals surface area (Å²) in [7, 11) is 0. The predicted molar refractivity (Wildman–Crippen MR) is 71.1 cm³/mol. The molecule has 5 heteroatoms. The molecule has 2 aromatic rings. The van der Waals surface area contributed by atoms with Gasteiger partial charge in [0.2, 0.25) is 5.89 Å². The minimum atomic E-state index is 0.130. The number of oxazole rings is 1. The average Bonchev–Trinajstić information content (AvgIpc) is 2.69. The van der Waals surface area contributed by atoms with Crippen LogP contribution in [0.15, 0.2) is 22.6 Å². The third-order valence-electron chi connectivity index (χ3n) is 2.91. The number of nitrogen functional groups attached to an aromatic ring is 1. The Bertz CT molecular complexity index is 522. The quantitative estimate of drug-likeness (QED) is 0.787. The summed E-state index contributed by atoms with van der Waals surface area (Å²) in [4.78, 5) is 6.52. The normalized spacial score (nSPS) is 11.8. The van der Waals surface area contributed by atoms with Crippen LogP contribution in [0.3, 0.4) is 0 Å². The number of benzene rings is 1. The minimum absolute atomic E-state index is 0.130. The first kappa shape index (κ1) is 12.9. The first-order valence-electron chi connectivity index (χ1n) is 6.10. The molecule has 1 heterocycles. The molecule has 0 aliphatic carbocycles. The zero-order valence-electron chi connectivity index (χ0n) is 10.8. The molecule has 0 radical (unpaired) electrons. The van der Waals surface area contributed by atoms with E-state index in [1.165, 1.54) is 0 Å². The van der Waals surface area contributed by atoms with E-state index in [1.807, 2.05) is 12.1 Å². The zero-order valence-corrected chi connectivity index (χ0v) is 10.8. The lowest BCUT2D eigenvalue weighted by Gasteiger charge is -2.23. The van der Waals surface area contributed by atoms with Crippen molar-refractivity contribution < 1.29 is 9.52 Å². The van der Waals surface area contributed by atoms with Crippen molar-refractivity contribution in [2.75, 3.05) is 18.9 Å². The average molecular weight is 249 g/mol. The monoisotopic (exact) mass is 249 g/mol. The summed E-state index contributed by atoms with van der Waals surface area (Å²) in [5.41, 5.74) is 7.89. The van der Waals surface area contributed by atoms with Crippen molar-refractivity contribution in [3.05, 3.63) is 24.1 Å². The highest BCUT2D eigenvalue weighted by molar-refractivity contribution is 5.76. The Hall–Kier alpha value is -1.59. The van der Waals surface area contributed by atoms with Gasteiger partial charge in [0.15, 0.2) is 5.58 Å². The van der Waals surface area contributed by atoms with E-state index in [9.17, 15) is 0 Å². The van der Waals surface area contributed by atoms with E-state index in [-0.39, 0.29) is 6.61 Å². The molecule has 0 amide bonds. The summed E-state index contributed by atoms with van der Waals surface area (Å²) in [6, 6.07) is 5.76. The fraction of sp³-hybridized carbons (Fsp3) is 0.462. The summed E-state index contributed by atoms with van der Waals surface area (Å²) >= 11 is 0. The SMILES string of the molecule is CC(C)N(CCO)Cc1nc2ccc(N)cc2o1. The van der Waals surface area contributed by atoms with Gasteiger partial charge in [-0.25, -0.2) is 4.98 Å². The Kier molecular flexibility index (Phi) is 3.84. The molecule has 98 valence electrons. The second-order valence-electron chi connectivity index (χ2n) is 4.62. The number of aromatic nitrogens is 1. The van der Waals surface area contributed by atoms with Gasteiger partial charge in [0, 0.05) is 24.3 Å². The number of fused-ring (bicyclic) bond motifs is 1. The van der Waals surface area contributed by atoms with E-state index in [0.29, 0.717) is 36.3 Å². The van der Waals surface area contributed by atoms with E-state index < -0.39 is 0 Å². The lowest BCUT2D eigenvalue weighted by molar-refractivity contribution is 0.149. The van der Waals surface area contributed by atoms with Gasteiger partial charge < -0.3 is 15.3 Å². The predicted octanol–water partition coefficient (Wildman–Crippen LogP) is 1.61. The third-order valence-corrected chi connectivity index (χ3v) is 2.91. The Balaban J connectivity index is 2.20. The molecule has 0 saturated heterocycles. The molecule has 5 nitrogen and oxygen atoms in total. The lowest BCUT2D eigenvalue weighted by atomic mass is 10.3. The first-order valence-corrected chi connectivity index (χ1v) is 6.10. The Labute approximate surface area is 106 Å². The van der Waals surface area contributed by atoms with E-state index in [2.05, 4.69) is 23.7 Å². The molecule has 0 bridgehead atoms. The highest BCUT2D eigenvalue weighted by Gasteiger charge is 2.13. The highest BCUT2D eigenvalue weighted by atomic mass is 16.3. The number of anilines is 1. The minimum Gasteiger partial charge on any atom is -0.439 e. The van der Waals surface area contributed by atoms with E-state index in [1.54, 1.807) is 6.07 Å². The fourth-order valence-corrected chi connectivity index (χ4v) is 1.88. The Morgan fingerprint density at radius 3 is 2.89 bits per heavy atom. The van der Waals surface area contributed by atoms with Crippen molar-refractivity contribution in [3.63, 3.8) is 0 Å². The second-order valence-corrected chi connectivity index (χ2v) is 4.62. The van der Waals surface area contributed by atoms with Crippen LogP contribution in [-0.2, 0) is 6.54 Å². The van der Waals surface area contributed by atoms with Gasteiger partial charge in [-0.05, 0) is 26.0 Å². The van der Waals surface area contributed by atoms with Crippen LogP contribution < -0.4 is 5.73 Å². The topological polar surface area (TPSA) is 75.5 Å². The maximum atomic E-state index is 9.03. The lowest BCUT2D eigenvalue weighted by Crippen LogP contribution is -2.32. The summed E-state index contributed by atoms with van der Waals surface area (Å²) in [5.74, 6) is 0.651. The van der Waals surface area contributed by atoms with Crippen molar-refractivity contribution >= 4 is 16.8 Å². The number of hydrogen-bond acceptors (Lipinski definition) is 5. The Morgan fingerprint density at radius 2 is 2.22 bits per heavy atom. The zero-order chi connectivity index (χ0) is 13.1. The molecule has 3 N–H and O–H groups in total. The number of rotatable bonds is 5. The van der Waals surface area contributed by atoms with Gasteiger partial charge in [-0.3, -0.25) is 4.90 Å². The molecule has 1 aromatic heterocycles. The van der Waals surface area contributed by atoms with Crippen molar-refractivity contribution in [1.29, 1.82) is 0 Å². The molecule has 0 aliphatic heterocycles. The van der Waals surface area contributed by atoms with Crippen molar-refractivity contribution in [2.45, 2.75) is 26.4 Å². The molecule has 2 rings (SSSR count). The van der Waals surface area contributed by atoms with Gasteiger partial charge in [-0.15, -0.1) is 0 Å². The number of hydrogen-bond donors (Lipinski definition) is 2.